The first-order chi connectivity index (χ1) is 7.56. The van der Waals surface area contributed by atoms with Gasteiger partial charge in [-0.05, 0) is 25.3 Å². The molecule has 5 heteroatoms. The van der Waals surface area contributed by atoms with E-state index in [1.54, 1.807) is 23.2 Å². The molecule has 0 saturated heterocycles. The lowest BCUT2D eigenvalue weighted by molar-refractivity contribution is -0.133. The molecule has 0 aliphatic carbocycles. The van der Waals surface area contributed by atoms with E-state index < -0.39 is 0 Å². The normalized spacial score (nSPS) is 12.1. The molecule has 1 amide bonds. The molecule has 3 nitrogen and oxygen atoms in total. The first-order valence-electron chi connectivity index (χ1n) is 5.16. The Bertz CT molecular complexity index is 362. The van der Waals surface area contributed by atoms with Crippen molar-refractivity contribution in [2.45, 2.75) is 20.4 Å². The van der Waals surface area contributed by atoms with Gasteiger partial charge in [0.25, 0.3) is 0 Å². The van der Waals surface area contributed by atoms with Gasteiger partial charge in [-0.3, -0.25) is 4.79 Å². The van der Waals surface area contributed by atoms with E-state index in [4.69, 9.17) is 18.0 Å². The van der Waals surface area contributed by atoms with Crippen LogP contribution in [-0.2, 0) is 11.3 Å². The molecule has 0 aliphatic rings. The Morgan fingerprint density at radius 1 is 1.69 bits per heavy atom. The van der Waals surface area contributed by atoms with Crippen LogP contribution in [0.25, 0.3) is 0 Å². The number of nitrogens with zero attached hydrogens (tertiary/aromatic N) is 1. The van der Waals surface area contributed by atoms with Gasteiger partial charge in [0.2, 0.25) is 5.91 Å². The molecule has 88 valence electrons. The minimum atomic E-state index is -0.380. The third-order valence-electron chi connectivity index (χ3n) is 2.42. The van der Waals surface area contributed by atoms with E-state index in [9.17, 15) is 4.79 Å². The Morgan fingerprint density at radius 3 is 2.81 bits per heavy atom. The molecule has 0 saturated carbocycles. The van der Waals surface area contributed by atoms with Gasteiger partial charge in [0.1, 0.15) is 0 Å². The molecule has 1 aromatic heterocycles. The molecule has 1 rings (SSSR count). The molecule has 0 spiro atoms. The van der Waals surface area contributed by atoms with E-state index in [-0.39, 0.29) is 16.8 Å². The average Bonchev–Trinajstić information content (AvgIpc) is 2.76. The molecule has 16 heavy (non-hydrogen) atoms. The van der Waals surface area contributed by atoms with E-state index in [0.717, 1.165) is 0 Å². The van der Waals surface area contributed by atoms with Gasteiger partial charge in [0.15, 0.2) is 0 Å². The number of rotatable bonds is 5. The van der Waals surface area contributed by atoms with Crippen LogP contribution in [0.3, 0.4) is 0 Å². The molecule has 0 fully saturated rings. The van der Waals surface area contributed by atoms with E-state index in [0.29, 0.717) is 13.1 Å². The number of carbonyl (C=O) groups is 1. The number of amides is 1. The van der Waals surface area contributed by atoms with Crippen molar-refractivity contribution in [1.82, 2.24) is 4.90 Å². The first-order valence-corrected chi connectivity index (χ1v) is 6.45. The zero-order chi connectivity index (χ0) is 12.1. The van der Waals surface area contributed by atoms with Crippen LogP contribution in [0.1, 0.15) is 18.7 Å². The summed E-state index contributed by atoms with van der Waals surface area (Å²) in [6.45, 7) is 5.02. The Hall–Kier alpha value is -0.940. The highest BCUT2D eigenvalue weighted by molar-refractivity contribution is 7.80. The quantitative estimate of drug-likeness (QED) is 0.820. The van der Waals surface area contributed by atoms with Crippen molar-refractivity contribution < 1.29 is 4.79 Å². The molecule has 0 radical (unpaired) electrons. The fourth-order valence-electron chi connectivity index (χ4n) is 1.33. The molecular formula is C11H16N2OS2. The Morgan fingerprint density at radius 2 is 2.38 bits per heavy atom. The van der Waals surface area contributed by atoms with E-state index >= 15 is 0 Å². The molecule has 2 N–H and O–H groups in total. The van der Waals surface area contributed by atoms with Gasteiger partial charge in [-0.15, -0.1) is 11.3 Å². The summed E-state index contributed by atoms with van der Waals surface area (Å²) in [6.07, 6.45) is 0. The van der Waals surface area contributed by atoms with Crippen molar-refractivity contribution in [2.24, 2.45) is 11.7 Å². The summed E-state index contributed by atoms with van der Waals surface area (Å²) in [4.78, 5) is 15.2. The minimum absolute atomic E-state index is 0.00315. The summed E-state index contributed by atoms with van der Waals surface area (Å²) in [5, 5.41) is 2.00. The third-order valence-corrected chi connectivity index (χ3v) is 3.63. The maximum absolute atomic E-state index is 12.0. The van der Waals surface area contributed by atoms with Crippen molar-refractivity contribution in [3.05, 3.63) is 22.4 Å². The lowest BCUT2D eigenvalue weighted by atomic mass is 10.1. The summed E-state index contributed by atoms with van der Waals surface area (Å²) in [6, 6.07) is 4.00. The smallest absolute Gasteiger partial charge is 0.232 e. The van der Waals surface area contributed by atoms with Gasteiger partial charge in [0.05, 0.1) is 17.5 Å². The van der Waals surface area contributed by atoms with E-state index in [1.807, 2.05) is 24.4 Å². The fraction of sp³-hybridized carbons (Fsp3) is 0.455. The zero-order valence-electron chi connectivity index (χ0n) is 9.47. The van der Waals surface area contributed by atoms with E-state index in [1.165, 1.54) is 4.88 Å². The number of thiophene rings is 1. The topological polar surface area (TPSA) is 46.3 Å². The molecule has 1 unspecified atom stereocenters. The Labute approximate surface area is 105 Å². The molecule has 1 atom stereocenters. The lowest BCUT2D eigenvalue weighted by Gasteiger charge is -2.23. The molecule has 1 heterocycles. The van der Waals surface area contributed by atoms with Crippen LogP contribution in [0.4, 0.5) is 0 Å². The highest BCUT2D eigenvalue weighted by Crippen LogP contribution is 2.13. The first kappa shape index (κ1) is 13.1. The van der Waals surface area contributed by atoms with Crippen LogP contribution in [-0.4, -0.2) is 22.3 Å². The predicted octanol–water partition coefficient (Wildman–Crippen LogP) is 2.02. The van der Waals surface area contributed by atoms with Gasteiger partial charge in [-0.1, -0.05) is 18.3 Å². The van der Waals surface area contributed by atoms with Crippen LogP contribution >= 0.6 is 23.6 Å². The second kappa shape index (κ2) is 5.96. The number of hydrogen-bond donors (Lipinski definition) is 1. The molecule has 0 aromatic carbocycles. The van der Waals surface area contributed by atoms with Crippen LogP contribution in [0, 0.1) is 5.92 Å². The summed E-state index contributed by atoms with van der Waals surface area (Å²) >= 11 is 6.49. The molecular weight excluding hydrogens is 240 g/mol. The summed E-state index contributed by atoms with van der Waals surface area (Å²) in [5.41, 5.74) is 5.49. The van der Waals surface area contributed by atoms with Crippen molar-refractivity contribution in [3.8, 4) is 0 Å². The highest BCUT2D eigenvalue weighted by Gasteiger charge is 2.21. The molecule has 1 aromatic rings. The molecule has 0 bridgehead atoms. The van der Waals surface area contributed by atoms with Gasteiger partial charge >= 0.3 is 0 Å². The van der Waals surface area contributed by atoms with Gasteiger partial charge in [-0.2, -0.15) is 0 Å². The van der Waals surface area contributed by atoms with Crippen LogP contribution in [0.2, 0.25) is 0 Å². The van der Waals surface area contributed by atoms with Crippen molar-refractivity contribution in [2.75, 3.05) is 6.54 Å². The lowest BCUT2D eigenvalue weighted by Crippen LogP contribution is -2.39. The summed E-state index contributed by atoms with van der Waals surface area (Å²) in [5.74, 6) is -0.377. The standard InChI is InChI=1S/C11H16N2OS2/c1-3-13(7-9-5-4-6-16-9)11(14)8(2)10(12)15/h4-6,8H,3,7H2,1-2H3,(H2,12,15). The Balaban J connectivity index is 2.67. The number of hydrogen-bond acceptors (Lipinski definition) is 3. The van der Waals surface area contributed by atoms with Gasteiger partial charge in [-0.25, -0.2) is 0 Å². The summed E-state index contributed by atoms with van der Waals surface area (Å²) < 4.78 is 0. The third kappa shape index (κ3) is 3.28. The number of nitrogens with two attached hydrogens (primary N) is 1. The minimum Gasteiger partial charge on any atom is -0.393 e. The second-order valence-electron chi connectivity index (χ2n) is 3.56. The van der Waals surface area contributed by atoms with Gasteiger partial charge in [0, 0.05) is 11.4 Å². The SMILES string of the molecule is CCN(Cc1cccs1)C(=O)C(C)C(N)=S. The maximum atomic E-state index is 12.0. The van der Waals surface area contributed by atoms with Crippen molar-refractivity contribution >= 4 is 34.5 Å². The number of carbonyl (C=O) groups excluding carboxylic acids is 1. The van der Waals surface area contributed by atoms with Crippen molar-refractivity contribution in [3.63, 3.8) is 0 Å². The van der Waals surface area contributed by atoms with Crippen LogP contribution in [0.15, 0.2) is 17.5 Å². The summed E-state index contributed by atoms with van der Waals surface area (Å²) in [7, 11) is 0. The van der Waals surface area contributed by atoms with Crippen molar-refractivity contribution in [1.29, 1.82) is 0 Å². The average molecular weight is 256 g/mol. The largest absolute Gasteiger partial charge is 0.393 e. The van der Waals surface area contributed by atoms with Gasteiger partial charge < -0.3 is 10.6 Å². The maximum Gasteiger partial charge on any atom is 0.232 e. The second-order valence-corrected chi connectivity index (χ2v) is 5.06. The predicted molar refractivity (Wildman–Crippen MR) is 71.4 cm³/mol. The fourth-order valence-corrected chi connectivity index (χ4v) is 2.15. The Kier molecular flexibility index (Phi) is 4.89. The monoisotopic (exact) mass is 256 g/mol. The number of thiocarbonyl (C=S) groups is 1. The zero-order valence-corrected chi connectivity index (χ0v) is 11.1. The highest BCUT2D eigenvalue weighted by atomic mass is 32.1. The molecule has 0 aliphatic heterocycles. The van der Waals surface area contributed by atoms with Crippen LogP contribution in [0.5, 0.6) is 0 Å². The van der Waals surface area contributed by atoms with Crippen LogP contribution < -0.4 is 5.73 Å². The van der Waals surface area contributed by atoms with E-state index in [2.05, 4.69) is 0 Å².